The molecular formula is C19H25N3O6. The summed E-state index contributed by atoms with van der Waals surface area (Å²) in [5.41, 5.74) is 5.83. The summed E-state index contributed by atoms with van der Waals surface area (Å²) >= 11 is 0. The monoisotopic (exact) mass is 391 g/mol. The number of aromatic nitrogens is 2. The second-order valence-electron chi connectivity index (χ2n) is 6.69. The maximum Gasteiger partial charge on any atom is 0.335 e. The van der Waals surface area contributed by atoms with Crippen molar-refractivity contribution >= 4 is 0 Å². The molecule has 0 bridgehead atoms. The minimum absolute atomic E-state index is 0.0745. The maximum absolute atomic E-state index is 12.9. The Kier molecular flexibility index (Phi) is 6.42. The molecule has 1 aliphatic heterocycles. The molecule has 2 heterocycles. The summed E-state index contributed by atoms with van der Waals surface area (Å²) < 4.78 is 18.8. The number of ether oxygens (including phenoxy) is 3. The second kappa shape index (κ2) is 8.80. The molecule has 152 valence electrons. The highest BCUT2D eigenvalue weighted by molar-refractivity contribution is 5.13. The van der Waals surface area contributed by atoms with Crippen LogP contribution in [0.3, 0.4) is 0 Å². The second-order valence-corrected chi connectivity index (χ2v) is 6.69. The van der Waals surface area contributed by atoms with E-state index in [-0.39, 0.29) is 19.9 Å². The van der Waals surface area contributed by atoms with Gasteiger partial charge in [0, 0.05) is 25.4 Å². The van der Waals surface area contributed by atoms with Gasteiger partial charge in [-0.1, -0.05) is 30.3 Å². The third kappa shape index (κ3) is 3.94. The highest BCUT2D eigenvalue weighted by Crippen LogP contribution is 2.30. The molecule has 1 aromatic carbocycles. The molecule has 4 atom stereocenters. The fourth-order valence-corrected chi connectivity index (χ4v) is 3.28. The molecule has 1 aliphatic rings. The lowest BCUT2D eigenvalue weighted by Crippen LogP contribution is -2.45. The van der Waals surface area contributed by atoms with E-state index in [2.05, 4.69) is 0 Å². The first-order chi connectivity index (χ1) is 13.5. The van der Waals surface area contributed by atoms with Gasteiger partial charge in [-0.15, -0.1) is 0 Å². The summed E-state index contributed by atoms with van der Waals surface area (Å²) in [6.45, 7) is 1.72. The Morgan fingerprint density at radius 2 is 1.96 bits per heavy atom. The van der Waals surface area contributed by atoms with Crippen LogP contribution in [0.5, 0.6) is 0 Å². The van der Waals surface area contributed by atoms with Crippen molar-refractivity contribution in [1.82, 2.24) is 9.13 Å². The summed E-state index contributed by atoms with van der Waals surface area (Å²) in [7, 11) is 1.42. The zero-order valence-electron chi connectivity index (χ0n) is 15.9. The van der Waals surface area contributed by atoms with E-state index < -0.39 is 35.8 Å². The van der Waals surface area contributed by atoms with Gasteiger partial charge in [-0.2, -0.15) is 0 Å². The molecule has 28 heavy (non-hydrogen) atoms. The molecule has 2 unspecified atom stereocenters. The number of hydrogen-bond acceptors (Lipinski definition) is 7. The Hall–Kier alpha value is -2.30. The summed E-state index contributed by atoms with van der Waals surface area (Å²) in [5.74, 6) is 0. The zero-order valence-corrected chi connectivity index (χ0v) is 15.9. The van der Waals surface area contributed by atoms with Crippen LogP contribution < -0.4 is 17.0 Å². The molecule has 0 radical (unpaired) electrons. The highest BCUT2D eigenvalue weighted by atomic mass is 16.6. The number of hydrogen-bond donors (Lipinski definition) is 2. The first-order valence-corrected chi connectivity index (χ1v) is 8.98. The van der Waals surface area contributed by atoms with Crippen LogP contribution in [0.15, 0.2) is 46.1 Å². The van der Waals surface area contributed by atoms with Crippen LogP contribution in [0.1, 0.15) is 17.4 Å². The van der Waals surface area contributed by atoms with Gasteiger partial charge in [0.25, 0.3) is 5.56 Å². The number of aliphatic hydroxyl groups is 1. The number of nitrogens with two attached hydrogens (primary N) is 1. The number of methoxy groups -OCH3 is 1. The number of aliphatic hydroxyl groups excluding tert-OH is 1. The van der Waals surface area contributed by atoms with Crippen LogP contribution in [-0.4, -0.2) is 46.2 Å². The van der Waals surface area contributed by atoms with Gasteiger partial charge in [0.2, 0.25) is 0 Å². The molecule has 1 saturated heterocycles. The van der Waals surface area contributed by atoms with Crippen LogP contribution in [0.4, 0.5) is 0 Å². The van der Waals surface area contributed by atoms with Crippen molar-refractivity contribution in [2.24, 2.45) is 5.73 Å². The Morgan fingerprint density at radius 3 is 2.61 bits per heavy atom. The van der Waals surface area contributed by atoms with Crippen LogP contribution in [0.2, 0.25) is 0 Å². The normalized spacial score (nSPS) is 24.6. The summed E-state index contributed by atoms with van der Waals surface area (Å²) in [6.07, 6.45) is -1.94. The fourth-order valence-electron chi connectivity index (χ4n) is 3.28. The molecule has 1 fully saturated rings. The van der Waals surface area contributed by atoms with Crippen molar-refractivity contribution in [2.75, 3.05) is 13.7 Å². The van der Waals surface area contributed by atoms with Gasteiger partial charge in [0.05, 0.1) is 6.61 Å². The van der Waals surface area contributed by atoms with E-state index in [1.54, 1.807) is 6.92 Å². The van der Waals surface area contributed by atoms with Gasteiger partial charge >= 0.3 is 5.69 Å². The van der Waals surface area contributed by atoms with Crippen LogP contribution >= 0.6 is 0 Å². The lowest BCUT2D eigenvalue weighted by molar-refractivity contribution is -0.0546. The third-order valence-corrected chi connectivity index (χ3v) is 4.79. The smallest absolute Gasteiger partial charge is 0.335 e. The number of benzene rings is 1. The molecule has 0 spiro atoms. The van der Waals surface area contributed by atoms with Gasteiger partial charge in [-0.05, 0) is 12.5 Å². The SMILES string of the molecule is CO[C@H]1C(n2cc(C)c(=O)n(COCc3ccccc3)c2=O)OC(CN)[C@H]1O. The van der Waals surface area contributed by atoms with Gasteiger partial charge in [0.1, 0.15) is 25.0 Å². The molecule has 3 rings (SSSR count). The Bertz CT molecular complexity index is 910. The number of rotatable bonds is 7. The molecule has 9 nitrogen and oxygen atoms in total. The average Bonchev–Trinajstić information content (AvgIpc) is 3.03. The fraction of sp³-hybridized carbons (Fsp3) is 0.474. The van der Waals surface area contributed by atoms with Gasteiger partial charge < -0.3 is 25.1 Å². The quantitative estimate of drug-likeness (QED) is 0.667. The minimum atomic E-state index is -0.984. The number of aryl methyl sites for hydroxylation is 1. The van der Waals surface area contributed by atoms with Crippen molar-refractivity contribution in [3.8, 4) is 0 Å². The average molecular weight is 391 g/mol. The molecule has 1 aromatic heterocycles. The lowest BCUT2D eigenvalue weighted by Gasteiger charge is -2.22. The van der Waals surface area contributed by atoms with E-state index >= 15 is 0 Å². The standard InChI is InChI=1S/C19H25N3O6/c1-12-9-21(18-16(26-2)15(23)14(8-20)28-18)19(25)22(17(12)24)11-27-10-13-6-4-3-5-7-13/h3-7,9,14-16,18,23H,8,10-11,20H2,1-2H3/t14?,15-,16-,18?/m1/s1. The van der Waals surface area contributed by atoms with E-state index in [0.29, 0.717) is 5.56 Å². The Balaban J connectivity index is 1.87. The summed E-state index contributed by atoms with van der Waals surface area (Å²) in [4.78, 5) is 25.4. The molecule has 3 N–H and O–H groups in total. The molecule has 0 amide bonds. The lowest BCUT2D eigenvalue weighted by atomic mass is 10.1. The van der Waals surface area contributed by atoms with E-state index in [1.807, 2.05) is 30.3 Å². The predicted molar refractivity (Wildman–Crippen MR) is 101 cm³/mol. The predicted octanol–water partition coefficient (Wildman–Crippen LogP) is -0.275. The van der Waals surface area contributed by atoms with Crippen LogP contribution in [-0.2, 0) is 27.5 Å². The van der Waals surface area contributed by atoms with Crippen molar-refractivity contribution < 1.29 is 19.3 Å². The highest BCUT2D eigenvalue weighted by Gasteiger charge is 2.45. The third-order valence-electron chi connectivity index (χ3n) is 4.79. The van der Waals surface area contributed by atoms with Crippen molar-refractivity contribution in [3.63, 3.8) is 0 Å². The van der Waals surface area contributed by atoms with Gasteiger partial charge in [-0.3, -0.25) is 9.36 Å². The van der Waals surface area contributed by atoms with E-state index in [4.69, 9.17) is 19.9 Å². The largest absolute Gasteiger partial charge is 0.387 e. The summed E-state index contributed by atoms with van der Waals surface area (Å²) in [5, 5.41) is 10.3. The van der Waals surface area contributed by atoms with Crippen molar-refractivity contribution in [2.45, 2.75) is 44.8 Å². The minimum Gasteiger partial charge on any atom is -0.387 e. The van der Waals surface area contributed by atoms with Gasteiger partial charge in [0.15, 0.2) is 6.23 Å². The van der Waals surface area contributed by atoms with Crippen LogP contribution in [0, 0.1) is 6.92 Å². The molecule has 0 aliphatic carbocycles. The number of nitrogens with zero attached hydrogens (tertiary/aromatic N) is 2. The van der Waals surface area contributed by atoms with E-state index in [0.717, 1.165) is 10.1 Å². The maximum atomic E-state index is 12.9. The van der Waals surface area contributed by atoms with E-state index in [1.165, 1.54) is 17.9 Å². The topological polar surface area (TPSA) is 118 Å². The molecular weight excluding hydrogens is 366 g/mol. The molecule has 9 heteroatoms. The van der Waals surface area contributed by atoms with Crippen molar-refractivity contribution in [1.29, 1.82) is 0 Å². The van der Waals surface area contributed by atoms with Crippen molar-refractivity contribution in [3.05, 3.63) is 68.5 Å². The molecule has 0 saturated carbocycles. The summed E-state index contributed by atoms with van der Waals surface area (Å²) in [6, 6.07) is 9.44. The first-order valence-electron chi connectivity index (χ1n) is 8.98. The van der Waals surface area contributed by atoms with Gasteiger partial charge in [-0.25, -0.2) is 9.36 Å². The van der Waals surface area contributed by atoms with E-state index in [9.17, 15) is 14.7 Å². The first kappa shape index (κ1) is 20.4. The molecule has 2 aromatic rings. The van der Waals surface area contributed by atoms with Crippen LogP contribution in [0.25, 0.3) is 0 Å². The zero-order chi connectivity index (χ0) is 20.3. The Morgan fingerprint density at radius 1 is 1.25 bits per heavy atom. The Labute approximate surface area is 161 Å².